The van der Waals surface area contributed by atoms with E-state index in [1.807, 2.05) is 54.0 Å². The van der Waals surface area contributed by atoms with Crippen LogP contribution in [0.3, 0.4) is 0 Å². The first-order chi connectivity index (χ1) is 20.4. The minimum atomic E-state index is -0.616. The monoisotopic (exact) mass is 581 g/mol. The molecule has 1 N–H and O–H groups in total. The third-order valence-electron chi connectivity index (χ3n) is 8.22. The van der Waals surface area contributed by atoms with Crippen LogP contribution >= 0.6 is 0 Å². The SMILES string of the molecule is COCCCOc1cc(C(=O)N(CC2CNCC2CN(C(=O)C(OC)c2ccccc2)C2CC2)C(C)C)ccc1OC. The Labute approximate surface area is 250 Å². The molecule has 0 bridgehead atoms. The molecule has 1 heterocycles. The van der Waals surface area contributed by atoms with E-state index < -0.39 is 6.10 Å². The molecule has 1 saturated heterocycles. The van der Waals surface area contributed by atoms with Crippen molar-refractivity contribution in [2.75, 3.05) is 60.7 Å². The normalized spacial score (nSPS) is 19.0. The van der Waals surface area contributed by atoms with Crippen LogP contribution in [0.15, 0.2) is 48.5 Å². The van der Waals surface area contributed by atoms with Crippen molar-refractivity contribution in [3.05, 3.63) is 59.7 Å². The van der Waals surface area contributed by atoms with E-state index in [0.29, 0.717) is 43.4 Å². The molecule has 4 rings (SSSR count). The third kappa shape index (κ3) is 8.02. The number of carbonyl (C=O) groups excluding carboxylic acids is 2. The minimum Gasteiger partial charge on any atom is -0.493 e. The summed E-state index contributed by atoms with van der Waals surface area (Å²) in [6, 6.07) is 15.3. The Hall–Kier alpha value is -3.14. The van der Waals surface area contributed by atoms with Crippen LogP contribution in [-0.2, 0) is 14.3 Å². The van der Waals surface area contributed by atoms with E-state index in [2.05, 4.69) is 5.32 Å². The maximum absolute atomic E-state index is 13.9. The van der Waals surface area contributed by atoms with Crippen LogP contribution in [0.25, 0.3) is 0 Å². The Bertz CT molecular complexity index is 1160. The van der Waals surface area contributed by atoms with Gasteiger partial charge in [0.2, 0.25) is 0 Å². The second-order valence-electron chi connectivity index (χ2n) is 11.5. The summed E-state index contributed by atoms with van der Waals surface area (Å²) in [5.74, 6) is 1.56. The summed E-state index contributed by atoms with van der Waals surface area (Å²) >= 11 is 0. The van der Waals surface area contributed by atoms with Gasteiger partial charge in [-0.2, -0.15) is 0 Å². The highest BCUT2D eigenvalue weighted by Gasteiger charge is 2.40. The molecule has 42 heavy (non-hydrogen) atoms. The standard InChI is InChI=1S/C33H47N3O6/c1-23(2)35(32(37)25-12-15-29(40-4)30(18-25)42-17-9-16-39-3)21-26-19-34-20-27(26)22-36(28-13-14-28)33(38)31(41-5)24-10-7-6-8-11-24/h6-8,10-12,15,18,23,26-28,31,34H,9,13-14,16-17,19-22H2,1-5H3. The fourth-order valence-electron chi connectivity index (χ4n) is 5.69. The minimum absolute atomic E-state index is 0.00374. The number of carbonyl (C=O) groups is 2. The molecule has 9 heteroatoms. The Balaban J connectivity index is 1.46. The lowest BCUT2D eigenvalue weighted by molar-refractivity contribution is -0.143. The highest BCUT2D eigenvalue weighted by atomic mass is 16.5. The summed E-state index contributed by atoms with van der Waals surface area (Å²) in [6.45, 7) is 8.02. The highest BCUT2D eigenvalue weighted by Crippen LogP contribution is 2.34. The first kappa shape index (κ1) is 31.8. The maximum Gasteiger partial charge on any atom is 0.256 e. The molecule has 3 unspecified atom stereocenters. The first-order valence-electron chi connectivity index (χ1n) is 15.1. The summed E-state index contributed by atoms with van der Waals surface area (Å²) < 4.78 is 22.2. The highest BCUT2D eigenvalue weighted by molar-refractivity contribution is 5.95. The maximum atomic E-state index is 13.9. The van der Waals surface area contributed by atoms with Crippen LogP contribution < -0.4 is 14.8 Å². The van der Waals surface area contributed by atoms with E-state index >= 15 is 0 Å². The van der Waals surface area contributed by atoms with Gasteiger partial charge in [-0.05, 0) is 62.3 Å². The molecular formula is C33H47N3O6. The van der Waals surface area contributed by atoms with E-state index in [4.69, 9.17) is 18.9 Å². The van der Waals surface area contributed by atoms with Crippen molar-refractivity contribution in [2.45, 2.75) is 51.3 Å². The van der Waals surface area contributed by atoms with Crippen molar-refractivity contribution in [3.8, 4) is 11.5 Å². The van der Waals surface area contributed by atoms with E-state index in [1.165, 1.54) is 0 Å². The number of nitrogens with zero attached hydrogens (tertiary/aromatic N) is 2. The summed E-state index contributed by atoms with van der Waals surface area (Å²) in [6.07, 6.45) is 2.16. The second kappa shape index (κ2) is 15.4. The average Bonchev–Trinajstić information content (AvgIpc) is 3.75. The number of benzene rings is 2. The molecular weight excluding hydrogens is 534 g/mol. The molecule has 3 atom stereocenters. The summed E-state index contributed by atoms with van der Waals surface area (Å²) in [5, 5.41) is 3.53. The fraction of sp³-hybridized carbons (Fsp3) is 0.576. The molecule has 2 aromatic rings. The van der Waals surface area contributed by atoms with Gasteiger partial charge >= 0.3 is 0 Å². The van der Waals surface area contributed by atoms with Gasteiger partial charge in [-0.3, -0.25) is 9.59 Å². The lowest BCUT2D eigenvalue weighted by Gasteiger charge is -2.34. The van der Waals surface area contributed by atoms with Crippen molar-refractivity contribution in [1.82, 2.24) is 15.1 Å². The van der Waals surface area contributed by atoms with Gasteiger partial charge in [0.25, 0.3) is 11.8 Å². The summed E-state index contributed by atoms with van der Waals surface area (Å²) in [4.78, 5) is 31.6. The zero-order valence-corrected chi connectivity index (χ0v) is 25.7. The Kier molecular flexibility index (Phi) is 11.6. The fourth-order valence-corrected chi connectivity index (χ4v) is 5.69. The molecule has 2 aliphatic rings. The van der Waals surface area contributed by atoms with Crippen molar-refractivity contribution < 1.29 is 28.5 Å². The van der Waals surface area contributed by atoms with E-state index in [1.54, 1.807) is 39.5 Å². The van der Waals surface area contributed by atoms with Gasteiger partial charge in [-0.15, -0.1) is 0 Å². The lowest BCUT2D eigenvalue weighted by atomic mass is 9.93. The summed E-state index contributed by atoms with van der Waals surface area (Å²) in [5.41, 5.74) is 1.43. The Morgan fingerprint density at radius 1 is 0.929 bits per heavy atom. The van der Waals surface area contributed by atoms with Gasteiger partial charge in [0.15, 0.2) is 17.6 Å². The van der Waals surface area contributed by atoms with E-state index in [0.717, 1.165) is 37.9 Å². The number of methoxy groups -OCH3 is 3. The molecule has 2 aromatic carbocycles. The molecule has 0 aromatic heterocycles. The smallest absolute Gasteiger partial charge is 0.256 e. The topological polar surface area (TPSA) is 89.6 Å². The molecule has 2 amide bonds. The molecule has 1 saturated carbocycles. The number of hydrogen-bond donors (Lipinski definition) is 1. The van der Waals surface area contributed by atoms with Gasteiger partial charge in [0.05, 0.1) is 13.7 Å². The number of rotatable bonds is 16. The number of ether oxygens (including phenoxy) is 4. The number of hydrogen-bond acceptors (Lipinski definition) is 7. The predicted octanol–water partition coefficient (Wildman–Crippen LogP) is 4.18. The molecule has 2 fully saturated rings. The van der Waals surface area contributed by atoms with Crippen molar-refractivity contribution in [3.63, 3.8) is 0 Å². The zero-order valence-electron chi connectivity index (χ0n) is 25.7. The first-order valence-corrected chi connectivity index (χ1v) is 15.1. The third-order valence-corrected chi connectivity index (χ3v) is 8.22. The van der Waals surface area contributed by atoms with Crippen molar-refractivity contribution in [1.29, 1.82) is 0 Å². The van der Waals surface area contributed by atoms with Crippen LogP contribution in [0.2, 0.25) is 0 Å². The van der Waals surface area contributed by atoms with Gasteiger partial charge < -0.3 is 34.1 Å². The van der Waals surface area contributed by atoms with Gasteiger partial charge in [0, 0.05) is 71.1 Å². The predicted molar refractivity (Wildman–Crippen MR) is 162 cm³/mol. The van der Waals surface area contributed by atoms with Crippen molar-refractivity contribution in [2.24, 2.45) is 11.8 Å². The summed E-state index contributed by atoms with van der Waals surface area (Å²) in [7, 11) is 4.85. The van der Waals surface area contributed by atoms with Gasteiger partial charge in [-0.25, -0.2) is 0 Å². The molecule has 9 nitrogen and oxygen atoms in total. The van der Waals surface area contributed by atoms with Crippen LogP contribution in [-0.4, -0.2) is 94.4 Å². The molecule has 1 aliphatic heterocycles. The number of nitrogens with one attached hydrogen (secondary N) is 1. The van der Waals surface area contributed by atoms with Crippen LogP contribution in [0.4, 0.5) is 0 Å². The second-order valence-corrected chi connectivity index (χ2v) is 11.5. The molecule has 0 spiro atoms. The van der Waals surface area contributed by atoms with Crippen LogP contribution in [0.5, 0.6) is 11.5 Å². The van der Waals surface area contributed by atoms with E-state index in [9.17, 15) is 9.59 Å². The Morgan fingerprint density at radius 2 is 1.64 bits per heavy atom. The van der Waals surface area contributed by atoms with E-state index in [-0.39, 0.29) is 35.7 Å². The molecule has 230 valence electrons. The quantitative estimate of drug-likeness (QED) is 0.298. The largest absolute Gasteiger partial charge is 0.493 e. The van der Waals surface area contributed by atoms with Crippen molar-refractivity contribution >= 4 is 11.8 Å². The van der Waals surface area contributed by atoms with Gasteiger partial charge in [-0.1, -0.05) is 30.3 Å². The van der Waals surface area contributed by atoms with Crippen LogP contribution in [0, 0.1) is 11.8 Å². The number of amides is 2. The zero-order chi connectivity index (χ0) is 30.1. The van der Waals surface area contributed by atoms with Gasteiger partial charge in [0.1, 0.15) is 0 Å². The lowest BCUT2D eigenvalue weighted by Crippen LogP contribution is -2.46. The molecule has 1 aliphatic carbocycles. The van der Waals surface area contributed by atoms with Crippen LogP contribution in [0.1, 0.15) is 55.1 Å². The average molecular weight is 582 g/mol. The molecule has 0 radical (unpaired) electrons. The Morgan fingerprint density at radius 3 is 2.26 bits per heavy atom.